The molecule has 1 saturated heterocycles. The average Bonchev–Trinajstić information content (AvgIpc) is 1.93. The molecule has 0 spiro atoms. The summed E-state index contributed by atoms with van der Waals surface area (Å²) >= 11 is 5.86. The Bertz CT molecular complexity index is 298. The van der Waals surface area contributed by atoms with E-state index in [4.69, 9.17) is 17.3 Å². The van der Waals surface area contributed by atoms with Crippen LogP contribution in [-0.2, 0) is 0 Å². The molecule has 2 nitrogen and oxygen atoms in total. The smallest absolute Gasteiger partial charge is 0.0410 e. The Morgan fingerprint density at radius 3 is 2.69 bits per heavy atom. The van der Waals surface area contributed by atoms with E-state index in [1.54, 1.807) is 0 Å². The first-order chi connectivity index (χ1) is 5.77. The number of nitrogen functional groups attached to an aromatic ring is 1. The maximum absolute atomic E-state index is 5.86. The van der Waals surface area contributed by atoms with E-state index in [-0.39, 0.29) is 12.4 Å². The van der Waals surface area contributed by atoms with Gasteiger partial charge in [0, 0.05) is 16.8 Å². The summed E-state index contributed by atoms with van der Waals surface area (Å²) in [5.74, 6) is 0. The van der Waals surface area contributed by atoms with Crippen molar-refractivity contribution in [1.29, 1.82) is 0 Å². The fourth-order valence-corrected chi connectivity index (χ4v) is 1.58. The summed E-state index contributed by atoms with van der Waals surface area (Å²) in [7, 11) is 0. The van der Waals surface area contributed by atoms with Crippen molar-refractivity contribution in [3.8, 4) is 0 Å². The van der Waals surface area contributed by atoms with Crippen molar-refractivity contribution in [2.24, 2.45) is 0 Å². The van der Waals surface area contributed by atoms with Crippen LogP contribution in [0.5, 0.6) is 0 Å². The Morgan fingerprint density at radius 2 is 2.15 bits per heavy atom. The quantitative estimate of drug-likeness (QED) is 0.711. The van der Waals surface area contributed by atoms with Crippen LogP contribution in [0, 0.1) is 0 Å². The molecule has 1 heterocycles. The minimum Gasteiger partial charge on any atom is -0.398 e. The molecule has 3 N–H and O–H groups in total. The third kappa shape index (κ3) is 2.08. The number of hydrogen-bond donors (Lipinski definition) is 2. The molecule has 0 saturated carbocycles. The van der Waals surface area contributed by atoms with Gasteiger partial charge in [-0.2, -0.15) is 0 Å². The Hall–Kier alpha value is -0.440. The van der Waals surface area contributed by atoms with Gasteiger partial charge in [-0.3, -0.25) is 0 Å². The molecular formula is C9H12Cl2N2. The van der Waals surface area contributed by atoms with Crippen LogP contribution in [0.25, 0.3) is 0 Å². The minimum atomic E-state index is 0. The number of nitrogens with two attached hydrogens (primary N) is 1. The topological polar surface area (TPSA) is 38.0 Å². The van der Waals surface area contributed by atoms with E-state index in [0.29, 0.717) is 6.04 Å². The molecule has 1 fully saturated rings. The van der Waals surface area contributed by atoms with Gasteiger partial charge < -0.3 is 11.1 Å². The van der Waals surface area contributed by atoms with Crippen LogP contribution in [0.15, 0.2) is 18.2 Å². The SMILES string of the molecule is Cl.Nc1ccc(Cl)cc1[C@H]1CCN1. The van der Waals surface area contributed by atoms with E-state index in [1.807, 2.05) is 18.2 Å². The molecule has 0 amide bonds. The summed E-state index contributed by atoms with van der Waals surface area (Å²) in [6.45, 7) is 1.08. The molecule has 13 heavy (non-hydrogen) atoms. The van der Waals surface area contributed by atoms with Crippen LogP contribution in [0.4, 0.5) is 5.69 Å². The molecule has 72 valence electrons. The highest BCUT2D eigenvalue weighted by Crippen LogP contribution is 2.29. The van der Waals surface area contributed by atoms with Gasteiger partial charge in [0.1, 0.15) is 0 Å². The van der Waals surface area contributed by atoms with Crippen molar-refractivity contribution in [3.05, 3.63) is 28.8 Å². The van der Waals surface area contributed by atoms with Crippen LogP contribution in [-0.4, -0.2) is 6.54 Å². The Kier molecular flexibility index (Phi) is 3.42. The van der Waals surface area contributed by atoms with Gasteiger partial charge in [0.15, 0.2) is 0 Å². The largest absolute Gasteiger partial charge is 0.398 e. The Labute approximate surface area is 88.9 Å². The average molecular weight is 219 g/mol. The predicted octanol–water partition coefficient (Wildman–Crippen LogP) is 2.38. The van der Waals surface area contributed by atoms with E-state index in [1.165, 1.54) is 0 Å². The van der Waals surface area contributed by atoms with Crippen LogP contribution in [0.1, 0.15) is 18.0 Å². The van der Waals surface area contributed by atoms with Gasteiger partial charge in [0.2, 0.25) is 0 Å². The van der Waals surface area contributed by atoms with Crippen molar-refractivity contribution in [3.63, 3.8) is 0 Å². The molecule has 1 aliphatic rings. The molecule has 0 aliphatic carbocycles. The summed E-state index contributed by atoms with van der Waals surface area (Å²) < 4.78 is 0. The number of benzene rings is 1. The number of hydrogen-bond acceptors (Lipinski definition) is 2. The van der Waals surface area contributed by atoms with Crippen LogP contribution in [0.3, 0.4) is 0 Å². The van der Waals surface area contributed by atoms with Gasteiger partial charge in [-0.15, -0.1) is 12.4 Å². The minimum absolute atomic E-state index is 0. The van der Waals surface area contributed by atoms with E-state index >= 15 is 0 Å². The fraction of sp³-hybridized carbons (Fsp3) is 0.333. The molecule has 1 aromatic rings. The maximum atomic E-state index is 5.86. The Morgan fingerprint density at radius 1 is 1.46 bits per heavy atom. The second-order valence-corrected chi connectivity index (χ2v) is 3.51. The van der Waals surface area contributed by atoms with Crippen molar-refractivity contribution < 1.29 is 0 Å². The monoisotopic (exact) mass is 218 g/mol. The van der Waals surface area contributed by atoms with Crippen molar-refractivity contribution in [1.82, 2.24) is 5.32 Å². The normalized spacial score (nSPS) is 20.2. The van der Waals surface area contributed by atoms with Crippen molar-refractivity contribution in [2.75, 3.05) is 12.3 Å². The number of nitrogens with one attached hydrogen (secondary N) is 1. The second kappa shape index (κ2) is 4.18. The zero-order valence-corrected chi connectivity index (χ0v) is 8.66. The van der Waals surface area contributed by atoms with E-state index < -0.39 is 0 Å². The first-order valence-corrected chi connectivity index (χ1v) is 4.43. The van der Waals surface area contributed by atoms with E-state index in [9.17, 15) is 0 Å². The van der Waals surface area contributed by atoms with Crippen LogP contribution >= 0.6 is 24.0 Å². The summed E-state index contributed by atoms with van der Waals surface area (Å²) in [6, 6.07) is 6.04. The van der Waals surface area contributed by atoms with Gasteiger partial charge >= 0.3 is 0 Å². The third-order valence-electron chi connectivity index (χ3n) is 2.25. The van der Waals surface area contributed by atoms with Gasteiger partial charge in [-0.1, -0.05) is 11.6 Å². The van der Waals surface area contributed by atoms with Gasteiger partial charge in [0.25, 0.3) is 0 Å². The number of rotatable bonds is 1. The highest BCUT2D eigenvalue weighted by Gasteiger charge is 2.20. The van der Waals surface area contributed by atoms with Crippen LogP contribution < -0.4 is 11.1 Å². The summed E-state index contributed by atoms with van der Waals surface area (Å²) in [6.07, 6.45) is 1.16. The lowest BCUT2D eigenvalue weighted by atomic mass is 9.97. The standard InChI is InChI=1S/C9H11ClN2.ClH/c10-6-1-2-8(11)7(5-6)9-3-4-12-9;/h1-2,5,9,12H,3-4,11H2;1H/t9-;/m1./s1. The predicted molar refractivity (Wildman–Crippen MR) is 58.5 cm³/mol. The Balaban J connectivity index is 0.000000845. The molecular weight excluding hydrogens is 207 g/mol. The molecule has 0 unspecified atom stereocenters. The van der Waals surface area contributed by atoms with Gasteiger partial charge in [0.05, 0.1) is 0 Å². The maximum Gasteiger partial charge on any atom is 0.0410 e. The lowest BCUT2D eigenvalue weighted by Crippen LogP contribution is -2.35. The highest BCUT2D eigenvalue weighted by molar-refractivity contribution is 6.30. The third-order valence-corrected chi connectivity index (χ3v) is 2.48. The lowest BCUT2D eigenvalue weighted by molar-refractivity contribution is 0.384. The number of halogens is 2. The fourth-order valence-electron chi connectivity index (χ4n) is 1.40. The first kappa shape index (κ1) is 10.6. The molecule has 0 bridgehead atoms. The second-order valence-electron chi connectivity index (χ2n) is 3.07. The molecule has 0 radical (unpaired) electrons. The van der Waals surface area contributed by atoms with E-state index in [2.05, 4.69) is 5.32 Å². The molecule has 1 aromatic carbocycles. The molecule has 2 rings (SSSR count). The molecule has 4 heteroatoms. The summed E-state index contributed by atoms with van der Waals surface area (Å²) in [5.41, 5.74) is 7.76. The van der Waals surface area contributed by atoms with Crippen molar-refractivity contribution >= 4 is 29.7 Å². The van der Waals surface area contributed by atoms with Gasteiger partial charge in [-0.05, 0) is 36.7 Å². The summed E-state index contributed by atoms with van der Waals surface area (Å²) in [5, 5.41) is 4.05. The van der Waals surface area contributed by atoms with Gasteiger partial charge in [-0.25, -0.2) is 0 Å². The summed E-state index contributed by atoms with van der Waals surface area (Å²) in [4.78, 5) is 0. The molecule has 1 atom stereocenters. The highest BCUT2D eigenvalue weighted by atomic mass is 35.5. The zero-order chi connectivity index (χ0) is 8.55. The van der Waals surface area contributed by atoms with Crippen molar-refractivity contribution in [2.45, 2.75) is 12.5 Å². The van der Waals surface area contributed by atoms with E-state index in [0.717, 1.165) is 29.2 Å². The first-order valence-electron chi connectivity index (χ1n) is 4.05. The molecule has 0 aromatic heterocycles. The zero-order valence-electron chi connectivity index (χ0n) is 7.09. The lowest BCUT2D eigenvalue weighted by Gasteiger charge is -2.29. The van der Waals surface area contributed by atoms with Crippen LogP contribution in [0.2, 0.25) is 5.02 Å². The number of anilines is 1. The molecule has 1 aliphatic heterocycles.